The van der Waals surface area contributed by atoms with Gasteiger partial charge in [-0.05, 0) is 43.0 Å². The molecule has 0 aromatic carbocycles. The van der Waals surface area contributed by atoms with Gasteiger partial charge in [-0.25, -0.2) is 4.98 Å². The van der Waals surface area contributed by atoms with Crippen molar-refractivity contribution in [3.8, 4) is 5.69 Å². The van der Waals surface area contributed by atoms with Crippen LogP contribution in [0.15, 0.2) is 41.5 Å². The van der Waals surface area contributed by atoms with Crippen LogP contribution in [-0.4, -0.2) is 22.6 Å². The third-order valence-corrected chi connectivity index (χ3v) is 3.83. The van der Waals surface area contributed by atoms with Crippen LogP contribution < -0.4 is 10.5 Å². The van der Waals surface area contributed by atoms with Gasteiger partial charge in [0.25, 0.3) is 5.56 Å². The molecule has 0 unspecified atom stereocenters. The lowest BCUT2D eigenvalue weighted by atomic mass is 10.2. The van der Waals surface area contributed by atoms with Crippen LogP contribution in [0.25, 0.3) is 5.69 Å². The molecular formula is C16H19N3O. The number of aryl methyl sites for hydroxylation is 1. The van der Waals surface area contributed by atoms with Crippen LogP contribution in [0, 0.1) is 0 Å². The first kappa shape index (κ1) is 12.9. The molecular weight excluding hydrogens is 250 g/mol. The Morgan fingerprint density at radius 1 is 1.20 bits per heavy atom. The Morgan fingerprint density at radius 3 is 2.60 bits per heavy atom. The minimum Gasteiger partial charge on any atom is -0.357 e. The summed E-state index contributed by atoms with van der Waals surface area (Å²) in [5.41, 5.74) is 1.88. The highest BCUT2D eigenvalue weighted by Gasteiger charge is 2.13. The molecule has 0 saturated carbocycles. The molecule has 20 heavy (non-hydrogen) atoms. The monoisotopic (exact) mass is 269 g/mol. The number of hydrogen-bond acceptors (Lipinski definition) is 3. The minimum absolute atomic E-state index is 0.0000671. The number of aromatic nitrogens is 2. The van der Waals surface area contributed by atoms with Crippen molar-refractivity contribution in [1.29, 1.82) is 0 Å². The van der Waals surface area contributed by atoms with Crippen molar-refractivity contribution in [2.24, 2.45) is 0 Å². The van der Waals surface area contributed by atoms with Gasteiger partial charge in [-0.15, -0.1) is 0 Å². The molecule has 1 aliphatic rings. The van der Waals surface area contributed by atoms with Gasteiger partial charge < -0.3 is 4.90 Å². The molecule has 4 nitrogen and oxygen atoms in total. The Bertz CT molecular complexity index is 640. The summed E-state index contributed by atoms with van der Waals surface area (Å²) >= 11 is 0. The first-order valence-electron chi connectivity index (χ1n) is 7.21. The maximum absolute atomic E-state index is 12.1. The van der Waals surface area contributed by atoms with E-state index in [2.05, 4.69) is 9.88 Å². The summed E-state index contributed by atoms with van der Waals surface area (Å²) in [4.78, 5) is 18.8. The average Bonchev–Trinajstić information content (AvgIpc) is 3.01. The first-order valence-corrected chi connectivity index (χ1v) is 7.21. The van der Waals surface area contributed by atoms with Crippen molar-refractivity contribution in [2.75, 3.05) is 18.0 Å². The summed E-state index contributed by atoms with van der Waals surface area (Å²) in [6.07, 6.45) is 6.96. The van der Waals surface area contributed by atoms with Crippen molar-refractivity contribution < 1.29 is 0 Å². The van der Waals surface area contributed by atoms with E-state index in [1.165, 1.54) is 12.8 Å². The van der Waals surface area contributed by atoms with E-state index < -0.39 is 0 Å². The molecule has 2 aromatic heterocycles. The molecule has 3 rings (SSSR count). The second kappa shape index (κ2) is 5.49. The van der Waals surface area contributed by atoms with Crippen LogP contribution in [0.2, 0.25) is 0 Å². The van der Waals surface area contributed by atoms with Crippen LogP contribution in [0.4, 0.5) is 5.82 Å². The second-order valence-corrected chi connectivity index (χ2v) is 5.17. The predicted octanol–water partition coefficient (Wildman–Crippen LogP) is 2.40. The summed E-state index contributed by atoms with van der Waals surface area (Å²) in [6.45, 7) is 4.21. The van der Waals surface area contributed by atoms with Crippen LogP contribution in [0.1, 0.15) is 25.3 Å². The van der Waals surface area contributed by atoms with Crippen molar-refractivity contribution in [3.63, 3.8) is 0 Å². The molecule has 4 heteroatoms. The van der Waals surface area contributed by atoms with Gasteiger partial charge in [0.2, 0.25) is 0 Å². The summed E-state index contributed by atoms with van der Waals surface area (Å²) in [5, 5.41) is 0. The molecule has 0 amide bonds. The van der Waals surface area contributed by atoms with E-state index in [9.17, 15) is 4.79 Å². The highest BCUT2D eigenvalue weighted by Crippen LogP contribution is 2.18. The number of nitrogens with zero attached hydrogens (tertiary/aromatic N) is 3. The number of hydrogen-bond donors (Lipinski definition) is 0. The Kier molecular flexibility index (Phi) is 3.54. The average molecular weight is 269 g/mol. The molecule has 104 valence electrons. The largest absolute Gasteiger partial charge is 0.357 e. The van der Waals surface area contributed by atoms with E-state index in [-0.39, 0.29) is 5.56 Å². The number of rotatable bonds is 3. The fraction of sp³-hybridized carbons (Fsp3) is 0.375. The van der Waals surface area contributed by atoms with Gasteiger partial charge in [-0.2, -0.15) is 0 Å². The number of anilines is 1. The van der Waals surface area contributed by atoms with Crippen molar-refractivity contribution in [3.05, 3.63) is 52.6 Å². The highest BCUT2D eigenvalue weighted by molar-refractivity contribution is 5.44. The first-order chi connectivity index (χ1) is 9.78. The third kappa shape index (κ3) is 2.46. The molecule has 0 N–H and O–H groups in total. The Morgan fingerprint density at radius 2 is 2.00 bits per heavy atom. The lowest BCUT2D eigenvalue weighted by Crippen LogP contribution is -2.20. The topological polar surface area (TPSA) is 38.1 Å². The summed E-state index contributed by atoms with van der Waals surface area (Å²) in [7, 11) is 0. The minimum atomic E-state index is 0.0000671. The second-order valence-electron chi connectivity index (χ2n) is 5.17. The molecule has 2 aromatic rings. The number of pyridine rings is 2. The molecule has 3 heterocycles. The van der Waals surface area contributed by atoms with Gasteiger partial charge in [0.1, 0.15) is 5.82 Å². The summed E-state index contributed by atoms with van der Waals surface area (Å²) in [6, 6.07) is 7.64. The fourth-order valence-corrected chi connectivity index (χ4v) is 2.61. The zero-order valence-electron chi connectivity index (χ0n) is 11.7. The van der Waals surface area contributed by atoms with Crippen LogP contribution in [-0.2, 0) is 6.42 Å². The van der Waals surface area contributed by atoms with Gasteiger partial charge in [0.15, 0.2) is 0 Å². The molecule has 1 fully saturated rings. The van der Waals surface area contributed by atoms with Gasteiger partial charge in [-0.3, -0.25) is 9.36 Å². The lowest BCUT2D eigenvalue weighted by molar-refractivity contribution is 0.920. The standard InChI is InChI=1S/C16H19N3O/c1-2-13-7-10-19(16(20)11-13)14-5-6-15(17-12-14)18-8-3-4-9-18/h5-7,10-12H,2-4,8-9H2,1H3. The van der Waals surface area contributed by atoms with E-state index in [0.29, 0.717) is 0 Å². The normalized spacial score (nSPS) is 14.8. The Balaban J connectivity index is 1.89. The molecule has 0 radical (unpaired) electrons. The van der Waals surface area contributed by atoms with Crippen LogP contribution in [0.5, 0.6) is 0 Å². The van der Waals surface area contributed by atoms with E-state index in [0.717, 1.165) is 36.6 Å². The van der Waals surface area contributed by atoms with Gasteiger partial charge in [0.05, 0.1) is 11.9 Å². The van der Waals surface area contributed by atoms with Gasteiger partial charge in [0, 0.05) is 25.4 Å². The fourth-order valence-electron chi connectivity index (χ4n) is 2.61. The zero-order chi connectivity index (χ0) is 13.9. The van der Waals surface area contributed by atoms with Crippen LogP contribution in [0.3, 0.4) is 0 Å². The summed E-state index contributed by atoms with van der Waals surface area (Å²) < 4.78 is 1.64. The van der Waals surface area contributed by atoms with E-state index in [1.54, 1.807) is 16.8 Å². The van der Waals surface area contributed by atoms with Gasteiger partial charge in [-0.1, -0.05) is 6.92 Å². The highest BCUT2D eigenvalue weighted by atomic mass is 16.1. The lowest BCUT2D eigenvalue weighted by Gasteiger charge is -2.16. The molecule has 1 aliphatic heterocycles. The quantitative estimate of drug-likeness (QED) is 0.858. The molecule has 0 aliphatic carbocycles. The van der Waals surface area contributed by atoms with E-state index in [1.807, 2.05) is 31.3 Å². The van der Waals surface area contributed by atoms with Crippen molar-refractivity contribution in [2.45, 2.75) is 26.2 Å². The molecule has 1 saturated heterocycles. The molecule has 0 atom stereocenters. The van der Waals surface area contributed by atoms with E-state index >= 15 is 0 Å². The SMILES string of the molecule is CCc1ccn(-c2ccc(N3CCCC3)nc2)c(=O)c1. The maximum Gasteiger partial charge on any atom is 0.255 e. The van der Waals surface area contributed by atoms with Crippen molar-refractivity contribution in [1.82, 2.24) is 9.55 Å². The predicted molar refractivity (Wildman–Crippen MR) is 80.7 cm³/mol. The Labute approximate surface area is 118 Å². The van der Waals surface area contributed by atoms with Gasteiger partial charge >= 0.3 is 0 Å². The maximum atomic E-state index is 12.1. The van der Waals surface area contributed by atoms with Crippen LogP contribution >= 0.6 is 0 Å². The zero-order valence-corrected chi connectivity index (χ0v) is 11.7. The molecule has 0 bridgehead atoms. The summed E-state index contributed by atoms with van der Waals surface area (Å²) in [5.74, 6) is 1.00. The smallest absolute Gasteiger partial charge is 0.255 e. The Hall–Kier alpha value is -2.10. The van der Waals surface area contributed by atoms with Crippen molar-refractivity contribution >= 4 is 5.82 Å². The molecule has 0 spiro atoms. The third-order valence-electron chi connectivity index (χ3n) is 3.83. The van der Waals surface area contributed by atoms with E-state index in [4.69, 9.17) is 0 Å².